The minimum atomic E-state index is -0.733. The summed E-state index contributed by atoms with van der Waals surface area (Å²) in [6.07, 6.45) is 5.03. The average molecular weight is 396 g/mol. The molecule has 26 heavy (non-hydrogen) atoms. The third-order valence-electron chi connectivity index (χ3n) is 5.64. The number of aliphatic carboxylic acids is 1. The van der Waals surface area contributed by atoms with Gasteiger partial charge in [0.25, 0.3) is 0 Å². The number of carboxylic acid groups (broad SMARTS) is 1. The number of nitrogens with zero attached hydrogens (tertiary/aromatic N) is 1. The van der Waals surface area contributed by atoms with E-state index in [0.29, 0.717) is 12.0 Å². The lowest BCUT2D eigenvalue weighted by Crippen LogP contribution is -2.47. The topological polar surface area (TPSA) is 49.8 Å². The highest BCUT2D eigenvalue weighted by Gasteiger charge is 2.34. The van der Waals surface area contributed by atoms with Crippen LogP contribution in [0.15, 0.2) is 24.3 Å². The molecule has 2 unspecified atom stereocenters. The number of hydrogen-bond acceptors (Lipinski definition) is 4. The molecule has 1 aromatic heterocycles. The zero-order valence-corrected chi connectivity index (χ0v) is 16.5. The maximum absolute atomic E-state index is 11.5. The Labute approximate surface area is 164 Å². The third kappa shape index (κ3) is 3.91. The summed E-state index contributed by atoms with van der Waals surface area (Å²) >= 11 is 1.82. The van der Waals surface area contributed by atoms with Gasteiger partial charge in [0.2, 0.25) is 0 Å². The van der Waals surface area contributed by atoms with Crippen LogP contribution in [0, 0.1) is 0 Å². The summed E-state index contributed by atoms with van der Waals surface area (Å²) in [7, 11) is 0. The number of morpholine rings is 1. The Bertz CT molecular complexity index is 757. The molecule has 2 aliphatic rings. The second-order valence-corrected chi connectivity index (χ2v) is 8.20. The second kappa shape index (κ2) is 8.70. The lowest BCUT2D eigenvalue weighted by molar-refractivity contribution is -0.136. The van der Waals surface area contributed by atoms with E-state index in [2.05, 4.69) is 17.0 Å². The lowest BCUT2D eigenvalue weighted by Gasteiger charge is -2.41. The van der Waals surface area contributed by atoms with Gasteiger partial charge >= 0.3 is 5.97 Å². The number of carboxylic acids is 1. The summed E-state index contributed by atoms with van der Waals surface area (Å²) in [4.78, 5) is 15.4. The first-order chi connectivity index (χ1) is 12.2. The van der Waals surface area contributed by atoms with Crippen molar-refractivity contribution in [2.75, 3.05) is 26.3 Å². The van der Waals surface area contributed by atoms with Crippen molar-refractivity contribution in [1.82, 2.24) is 4.90 Å². The fourth-order valence-corrected chi connectivity index (χ4v) is 5.93. The molecule has 0 radical (unpaired) electrons. The first kappa shape index (κ1) is 19.6. The van der Waals surface area contributed by atoms with Gasteiger partial charge < -0.3 is 9.84 Å². The maximum atomic E-state index is 11.5. The van der Waals surface area contributed by atoms with Crippen LogP contribution in [0.5, 0.6) is 0 Å². The van der Waals surface area contributed by atoms with Crippen LogP contribution in [0.3, 0.4) is 0 Å². The number of halogens is 1. The molecule has 2 heterocycles. The molecule has 1 saturated heterocycles. The van der Waals surface area contributed by atoms with E-state index in [1.165, 1.54) is 35.3 Å². The van der Waals surface area contributed by atoms with Gasteiger partial charge in [0.1, 0.15) is 0 Å². The van der Waals surface area contributed by atoms with Crippen LogP contribution < -0.4 is 0 Å². The molecule has 142 valence electrons. The minimum Gasteiger partial charge on any atom is -0.481 e. The van der Waals surface area contributed by atoms with Gasteiger partial charge in [0, 0.05) is 34.6 Å². The van der Waals surface area contributed by atoms with Gasteiger partial charge in [-0.15, -0.1) is 23.7 Å². The predicted molar refractivity (Wildman–Crippen MR) is 108 cm³/mol. The molecule has 2 fully saturated rings. The van der Waals surface area contributed by atoms with Crippen LogP contribution in [0.2, 0.25) is 0 Å². The summed E-state index contributed by atoms with van der Waals surface area (Å²) in [5.41, 5.74) is 1.05. The summed E-state index contributed by atoms with van der Waals surface area (Å²) < 4.78 is 6.76. The van der Waals surface area contributed by atoms with E-state index in [9.17, 15) is 9.90 Å². The molecule has 6 heteroatoms. The van der Waals surface area contributed by atoms with E-state index in [1.807, 2.05) is 23.5 Å². The molecule has 1 aliphatic heterocycles. The van der Waals surface area contributed by atoms with E-state index in [-0.39, 0.29) is 18.8 Å². The summed E-state index contributed by atoms with van der Waals surface area (Å²) in [6.45, 7) is 3.63. The van der Waals surface area contributed by atoms with Crippen molar-refractivity contribution >= 4 is 39.8 Å². The van der Waals surface area contributed by atoms with Crippen molar-refractivity contribution in [1.29, 1.82) is 0 Å². The van der Waals surface area contributed by atoms with E-state index >= 15 is 0 Å². The SMILES string of the molecule is Cl.O=C(O)Cc1c(C2CCCCC2N2CCOCC2)sc2ccccc12. The van der Waals surface area contributed by atoms with Crippen LogP contribution >= 0.6 is 23.7 Å². The van der Waals surface area contributed by atoms with Crippen molar-refractivity contribution in [3.05, 3.63) is 34.7 Å². The maximum Gasteiger partial charge on any atom is 0.307 e. The number of fused-ring (bicyclic) bond motifs is 1. The number of ether oxygens (including phenoxy) is 1. The number of benzene rings is 1. The normalized spacial score (nSPS) is 24.3. The summed E-state index contributed by atoms with van der Waals surface area (Å²) in [5.74, 6) is -0.276. The van der Waals surface area contributed by atoms with Gasteiger partial charge in [-0.3, -0.25) is 9.69 Å². The zero-order chi connectivity index (χ0) is 17.2. The fraction of sp³-hybridized carbons (Fsp3) is 0.550. The Balaban J connectivity index is 0.00000196. The predicted octanol–water partition coefficient (Wildman–Crippen LogP) is 4.31. The van der Waals surface area contributed by atoms with Crippen LogP contribution in [0.25, 0.3) is 10.1 Å². The van der Waals surface area contributed by atoms with Crippen LogP contribution in [0.4, 0.5) is 0 Å². The lowest BCUT2D eigenvalue weighted by atomic mass is 9.80. The van der Waals surface area contributed by atoms with E-state index < -0.39 is 5.97 Å². The van der Waals surface area contributed by atoms with E-state index in [0.717, 1.165) is 37.3 Å². The summed E-state index contributed by atoms with van der Waals surface area (Å²) in [6, 6.07) is 8.80. The Hall–Kier alpha value is -1.14. The zero-order valence-electron chi connectivity index (χ0n) is 14.9. The van der Waals surface area contributed by atoms with Gasteiger partial charge in [0.15, 0.2) is 0 Å². The first-order valence-electron chi connectivity index (χ1n) is 9.28. The Morgan fingerprint density at radius 2 is 1.92 bits per heavy atom. The number of rotatable bonds is 4. The molecule has 0 spiro atoms. The third-order valence-corrected chi connectivity index (χ3v) is 6.98. The van der Waals surface area contributed by atoms with Gasteiger partial charge in [-0.2, -0.15) is 0 Å². The van der Waals surface area contributed by atoms with Crippen molar-refractivity contribution in [3.63, 3.8) is 0 Å². The second-order valence-electron chi connectivity index (χ2n) is 7.12. The smallest absolute Gasteiger partial charge is 0.307 e. The molecule has 2 aromatic rings. The van der Waals surface area contributed by atoms with Crippen LogP contribution in [-0.2, 0) is 16.0 Å². The molecule has 1 N–H and O–H groups in total. The number of thiophene rings is 1. The molecule has 0 amide bonds. The largest absolute Gasteiger partial charge is 0.481 e. The highest BCUT2D eigenvalue weighted by molar-refractivity contribution is 7.19. The molecule has 1 aliphatic carbocycles. The van der Waals surface area contributed by atoms with E-state index in [1.54, 1.807) is 0 Å². The highest BCUT2D eigenvalue weighted by Crippen LogP contribution is 2.44. The molecule has 1 saturated carbocycles. The van der Waals surface area contributed by atoms with Gasteiger partial charge in [-0.25, -0.2) is 0 Å². The fourth-order valence-electron chi connectivity index (χ4n) is 4.51. The van der Waals surface area contributed by atoms with Crippen molar-refractivity contribution in [2.24, 2.45) is 0 Å². The number of hydrogen-bond donors (Lipinski definition) is 1. The average Bonchev–Trinajstić information content (AvgIpc) is 3.00. The molecule has 1 aromatic carbocycles. The standard InChI is InChI=1S/C20H25NO3S.ClH/c22-19(23)13-16-14-5-2-4-8-18(14)25-20(16)15-6-1-3-7-17(15)21-9-11-24-12-10-21;/h2,4-5,8,15,17H,1,3,6-7,9-13H2,(H,22,23);1H. The molecular formula is C20H26ClNO3S. The van der Waals surface area contributed by atoms with Gasteiger partial charge in [-0.05, 0) is 29.9 Å². The quantitative estimate of drug-likeness (QED) is 0.838. The first-order valence-corrected chi connectivity index (χ1v) is 10.1. The Morgan fingerprint density at radius 1 is 1.19 bits per heavy atom. The Morgan fingerprint density at radius 3 is 2.69 bits per heavy atom. The Kier molecular flexibility index (Phi) is 6.56. The van der Waals surface area contributed by atoms with Crippen LogP contribution in [0.1, 0.15) is 42.0 Å². The monoisotopic (exact) mass is 395 g/mol. The molecule has 0 bridgehead atoms. The van der Waals surface area contributed by atoms with E-state index in [4.69, 9.17) is 4.74 Å². The summed E-state index contributed by atoms with van der Waals surface area (Å²) in [5, 5.41) is 10.6. The minimum absolute atomic E-state index is 0. The molecule has 2 atom stereocenters. The van der Waals surface area contributed by atoms with Crippen molar-refractivity contribution < 1.29 is 14.6 Å². The highest BCUT2D eigenvalue weighted by atomic mass is 35.5. The van der Waals surface area contributed by atoms with Crippen LogP contribution in [-0.4, -0.2) is 48.3 Å². The van der Waals surface area contributed by atoms with Crippen molar-refractivity contribution in [2.45, 2.75) is 44.1 Å². The van der Waals surface area contributed by atoms with Gasteiger partial charge in [-0.1, -0.05) is 31.0 Å². The van der Waals surface area contributed by atoms with Crippen molar-refractivity contribution in [3.8, 4) is 0 Å². The molecular weight excluding hydrogens is 370 g/mol. The number of carbonyl (C=O) groups is 1. The molecule has 4 rings (SSSR count). The van der Waals surface area contributed by atoms with Gasteiger partial charge in [0.05, 0.1) is 19.6 Å². The molecule has 4 nitrogen and oxygen atoms in total.